The monoisotopic (exact) mass is 392 g/mol. The van der Waals surface area contributed by atoms with Gasteiger partial charge in [0.15, 0.2) is 11.5 Å². The first-order valence-corrected chi connectivity index (χ1v) is 10.9. The fourth-order valence-corrected chi connectivity index (χ4v) is 3.65. The Morgan fingerprint density at radius 3 is 2.43 bits per heavy atom. The van der Waals surface area contributed by atoms with E-state index in [0.717, 1.165) is 12.3 Å². The van der Waals surface area contributed by atoms with Crippen molar-refractivity contribution in [3.05, 3.63) is 23.8 Å². The van der Waals surface area contributed by atoms with Gasteiger partial charge in [-0.05, 0) is 51.4 Å². The number of hydrogen-bond acceptors (Lipinski definition) is 5. The van der Waals surface area contributed by atoms with Gasteiger partial charge in [-0.15, -0.1) is 0 Å². The minimum atomic E-state index is -0.530. The highest BCUT2D eigenvalue weighted by atomic mass is 16.5. The van der Waals surface area contributed by atoms with Crippen LogP contribution in [-0.2, 0) is 6.54 Å². The van der Waals surface area contributed by atoms with Gasteiger partial charge in [0.05, 0.1) is 7.11 Å². The molecule has 1 aliphatic rings. The zero-order chi connectivity index (χ0) is 20.4. The Labute approximate surface area is 171 Å². The van der Waals surface area contributed by atoms with Crippen molar-refractivity contribution in [1.82, 2.24) is 10.2 Å². The van der Waals surface area contributed by atoms with E-state index >= 15 is 0 Å². The van der Waals surface area contributed by atoms with E-state index in [1.807, 2.05) is 19.2 Å². The fraction of sp³-hybridized carbons (Fsp3) is 0.739. The van der Waals surface area contributed by atoms with Crippen molar-refractivity contribution < 1.29 is 14.6 Å². The summed E-state index contributed by atoms with van der Waals surface area (Å²) in [4.78, 5) is 2.11. The molecule has 1 aromatic carbocycles. The van der Waals surface area contributed by atoms with E-state index in [1.54, 1.807) is 7.11 Å². The summed E-state index contributed by atoms with van der Waals surface area (Å²) in [5.41, 5.74) is 1.20. The van der Waals surface area contributed by atoms with Crippen molar-refractivity contribution in [1.29, 1.82) is 0 Å². The van der Waals surface area contributed by atoms with Crippen LogP contribution in [0.4, 0.5) is 0 Å². The first kappa shape index (κ1) is 23.0. The van der Waals surface area contributed by atoms with Crippen LogP contribution in [0.2, 0.25) is 0 Å². The summed E-state index contributed by atoms with van der Waals surface area (Å²) >= 11 is 0. The Kier molecular flexibility index (Phi) is 10.1. The van der Waals surface area contributed by atoms with E-state index in [9.17, 15) is 5.11 Å². The van der Waals surface area contributed by atoms with Crippen molar-refractivity contribution in [2.45, 2.75) is 83.5 Å². The SMILES string of the molecule is COc1cc(CNC2CCCCCCC2)ccc1OCC(O)CN(C)C(C)C. The van der Waals surface area contributed by atoms with Gasteiger partial charge < -0.3 is 24.8 Å². The summed E-state index contributed by atoms with van der Waals surface area (Å²) in [5, 5.41) is 13.9. The maximum atomic E-state index is 10.2. The molecular weight excluding hydrogens is 352 g/mol. The number of methoxy groups -OCH3 is 1. The lowest BCUT2D eigenvalue weighted by Gasteiger charge is -2.24. The molecule has 0 aromatic heterocycles. The molecule has 0 spiro atoms. The lowest BCUT2D eigenvalue weighted by molar-refractivity contribution is 0.0668. The number of aliphatic hydroxyl groups is 1. The van der Waals surface area contributed by atoms with Crippen LogP contribution in [0.25, 0.3) is 0 Å². The predicted octanol–water partition coefficient (Wildman–Crippen LogP) is 3.98. The van der Waals surface area contributed by atoms with Gasteiger partial charge in [-0.3, -0.25) is 0 Å². The number of nitrogens with one attached hydrogen (secondary N) is 1. The van der Waals surface area contributed by atoms with Gasteiger partial charge in [0.1, 0.15) is 12.7 Å². The molecule has 0 heterocycles. The Balaban J connectivity index is 1.85. The van der Waals surface area contributed by atoms with Gasteiger partial charge in [0.25, 0.3) is 0 Å². The average Bonchev–Trinajstić information content (AvgIpc) is 2.65. The van der Waals surface area contributed by atoms with Gasteiger partial charge in [-0.25, -0.2) is 0 Å². The molecule has 0 amide bonds. The zero-order valence-electron chi connectivity index (χ0n) is 18.2. The summed E-state index contributed by atoms with van der Waals surface area (Å²) in [6.07, 6.45) is 8.84. The molecule has 1 aliphatic carbocycles. The maximum absolute atomic E-state index is 10.2. The summed E-state index contributed by atoms with van der Waals surface area (Å²) in [6.45, 7) is 5.92. The highest BCUT2D eigenvalue weighted by molar-refractivity contribution is 5.43. The highest BCUT2D eigenvalue weighted by Gasteiger charge is 2.14. The van der Waals surface area contributed by atoms with E-state index in [4.69, 9.17) is 9.47 Å². The average molecular weight is 393 g/mol. The van der Waals surface area contributed by atoms with Crippen LogP contribution in [0.15, 0.2) is 18.2 Å². The van der Waals surface area contributed by atoms with E-state index < -0.39 is 6.10 Å². The van der Waals surface area contributed by atoms with Crippen LogP contribution in [0.1, 0.15) is 64.4 Å². The number of benzene rings is 1. The number of ether oxygens (including phenoxy) is 2. The number of nitrogens with zero attached hydrogens (tertiary/aromatic N) is 1. The third kappa shape index (κ3) is 7.98. The molecule has 28 heavy (non-hydrogen) atoms. The molecule has 2 N–H and O–H groups in total. The van der Waals surface area contributed by atoms with Crippen LogP contribution in [-0.4, -0.2) is 55.5 Å². The summed E-state index contributed by atoms with van der Waals surface area (Å²) in [6, 6.07) is 7.09. The summed E-state index contributed by atoms with van der Waals surface area (Å²) < 4.78 is 11.3. The molecule has 0 aliphatic heterocycles. The molecule has 5 heteroatoms. The van der Waals surface area contributed by atoms with Gasteiger partial charge in [-0.1, -0.05) is 38.2 Å². The summed E-state index contributed by atoms with van der Waals surface area (Å²) in [7, 11) is 3.67. The number of rotatable bonds is 10. The quantitative estimate of drug-likeness (QED) is 0.631. The Morgan fingerprint density at radius 1 is 1.11 bits per heavy atom. The molecule has 1 unspecified atom stereocenters. The standard InChI is InChI=1S/C23H40N2O3/c1-18(2)25(3)16-21(26)17-28-22-13-12-19(14-23(22)27-4)15-24-20-10-8-6-5-7-9-11-20/h12-14,18,20-21,24,26H,5-11,15-17H2,1-4H3. The van der Waals surface area contributed by atoms with Gasteiger partial charge in [0, 0.05) is 25.2 Å². The molecule has 5 nitrogen and oxygen atoms in total. The molecule has 0 bridgehead atoms. The van der Waals surface area contributed by atoms with E-state index in [-0.39, 0.29) is 6.61 Å². The Hall–Kier alpha value is -1.30. The van der Waals surface area contributed by atoms with E-state index in [1.165, 1.54) is 50.5 Å². The minimum Gasteiger partial charge on any atom is -0.493 e. The van der Waals surface area contributed by atoms with Gasteiger partial charge >= 0.3 is 0 Å². The van der Waals surface area contributed by atoms with Crippen LogP contribution in [0, 0.1) is 0 Å². The molecule has 0 radical (unpaired) electrons. The molecule has 0 saturated heterocycles. The van der Waals surface area contributed by atoms with E-state index in [2.05, 4.69) is 30.1 Å². The zero-order valence-corrected chi connectivity index (χ0v) is 18.2. The lowest BCUT2D eigenvalue weighted by atomic mass is 9.96. The van der Waals surface area contributed by atoms with Crippen LogP contribution in [0.5, 0.6) is 11.5 Å². The van der Waals surface area contributed by atoms with Gasteiger partial charge in [-0.2, -0.15) is 0 Å². The lowest BCUT2D eigenvalue weighted by Crippen LogP contribution is -2.37. The molecule has 2 rings (SSSR count). The molecule has 1 aromatic rings. The Bertz CT molecular complexity index is 557. The smallest absolute Gasteiger partial charge is 0.161 e. The maximum Gasteiger partial charge on any atom is 0.161 e. The first-order valence-electron chi connectivity index (χ1n) is 10.9. The van der Waals surface area contributed by atoms with Crippen molar-refractivity contribution >= 4 is 0 Å². The fourth-order valence-electron chi connectivity index (χ4n) is 3.65. The van der Waals surface area contributed by atoms with Crippen molar-refractivity contribution in [3.63, 3.8) is 0 Å². The number of aliphatic hydroxyl groups excluding tert-OH is 1. The molecule has 1 atom stereocenters. The molecule has 1 saturated carbocycles. The van der Waals surface area contributed by atoms with Crippen molar-refractivity contribution in [2.75, 3.05) is 27.3 Å². The molecule has 160 valence electrons. The highest BCUT2D eigenvalue weighted by Crippen LogP contribution is 2.28. The third-order valence-corrected chi connectivity index (χ3v) is 5.74. The predicted molar refractivity (Wildman–Crippen MR) is 115 cm³/mol. The normalized spacial score (nSPS) is 17.4. The van der Waals surface area contributed by atoms with Crippen molar-refractivity contribution in [3.8, 4) is 11.5 Å². The number of hydrogen-bond donors (Lipinski definition) is 2. The van der Waals surface area contributed by atoms with Crippen molar-refractivity contribution in [2.24, 2.45) is 0 Å². The van der Waals surface area contributed by atoms with Crippen LogP contribution >= 0.6 is 0 Å². The first-order chi connectivity index (χ1) is 13.5. The second kappa shape index (κ2) is 12.3. The summed E-state index contributed by atoms with van der Waals surface area (Å²) in [5.74, 6) is 1.41. The van der Waals surface area contributed by atoms with Crippen LogP contribution in [0.3, 0.4) is 0 Å². The van der Waals surface area contributed by atoms with Gasteiger partial charge in [0.2, 0.25) is 0 Å². The topological polar surface area (TPSA) is 54.0 Å². The van der Waals surface area contributed by atoms with E-state index in [0.29, 0.717) is 24.4 Å². The largest absolute Gasteiger partial charge is 0.493 e. The minimum absolute atomic E-state index is 0.257. The second-order valence-electron chi connectivity index (χ2n) is 8.41. The third-order valence-electron chi connectivity index (χ3n) is 5.74. The molecular formula is C23H40N2O3. The number of likely N-dealkylation sites (N-methyl/N-ethyl adjacent to an activating group) is 1. The molecule has 1 fully saturated rings. The Morgan fingerprint density at radius 2 is 1.79 bits per heavy atom. The van der Waals surface area contributed by atoms with Crippen LogP contribution < -0.4 is 14.8 Å². The second-order valence-corrected chi connectivity index (χ2v) is 8.41.